The second-order valence-electron chi connectivity index (χ2n) is 10.1. The van der Waals surface area contributed by atoms with E-state index in [1.165, 1.54) is 0 Å². The average Bonchev–Trinajstić information content (AvgIpc) is 3.75. The molecule has 4 heterocycles. The van der Waals surface area contributed by atoms with Gasteiger partial charge in [-0.3, -0.25) is 8.97 Å². The molecule has 0 bridgehead atoms. The van der Waals surface area contributed by atoms with E-state index in [4.69, 9.17) is 9.40 Å². The number of furan rings is 1. The molecular weight excluding hydrogens is 494 g/mol. The van der Waals surface area contributed by atoms with Crippen molar-refractivity contribution in [2.75, 3.05) is 0 Å². The topological polar surface area (TPSA) is 64.1 Å². The summed E-state index contributed by atoms with van der Waals surface area (Å²) < 4.78 is 12.9. The quantitative estimate of drug-likeness (QED) is 0.234. The number of aromatic nitrogens is 4. The van der Waals surface area contributed by atoms with Crippen LogP contribution in [-0.2, 0) is 0 Å². The van der Waals surface area contributed by atoms with Gasteiger partial charge in [0, 0.05) is 28.0 Å². The number of fused-ring (bicyclic) bond motifs is 9. The minimum absolute atomic E-state index is 0.658. The van der Waals surface area contributed by atoms with E-state index in [2.05, 4.69) is 86.3 Å². The maximum atomic E-state index is 9.29. The van der Waals surface area contributed by atoms with Crippen molar-refractivity contribution < 1.29 is 4.42 Å². The van der Waals surface area contributed by atoms with Crippen LogP contribution in [0.15, 0.2) is 120 Å². The molecule has 0 saturated heterocycles. The van der Waals surface area contributed by atoms with Gasteiger partial charge in [-0.25, -0.2) is 4.98 Å². The third kappa shape index (κ3) is 2.78. The van der Waals surface area contributed by atoms with Gasteiger partial charge in [0.25, 0.3) is 0 Å². The van der Waals surface area contributed by atoms with Crippen LogP contribution in [0.3, 0.4) is 0 Å². The summed E-state index contributed by atoms with van der Waals surface area (Å²) in [4.78, 5) is 5.03. The Bertz CT molecular complexity index is 2510. The fourth-order valence-electron chi connectivity index (χ4n) is 6.08. The van der Waals surface area contributed by atoms with Gasteiger partial charge in [-0.2, -0.15) is 5.26 Å². The van der Waals surface area contributed by atoms with Gasteiger partial charge in [-0.05, 0) is 84.9 Å². The second kappa shape index (κ2) is 7.62. The molecule has 9 rings (SSSR count). The summed E-state index contributed by atoms with van der Waals surface area (Å²) in [6.07, 6.45) is 2.05. The molecule has 6 nitrogen and oxygen atoms in total. The first-order valence-corrected chi connectivity index (χ1v) is 13.1. The predicted octanol–water partition coefficient (Wildman–Crippen LogP) is 8.15. The molecule has 0 aliphatic carbocycles. The van der Waals surface area contributed by atoms with Crippen molar-refractivity contribution in [3.8, 4) is 17.4 Å². The zero-order valence-electron chi connectivity index (χ0n) is 21.1. The minimum atomic E-state index is 0.658. The monoisotopic (exact) mass is 513 g/mol. The summed E-state index contributed by atoms with van der Waals surface area (Å²) >= 11 is 0. The molecule has 0 radical (unpaired) electrons. The zero-order valence-corrected chi connectivity index (χ0v) is 21.1. The average molecular weight is 514 g/mol. The summed E-state index contributed by atoms with van der Waals surface area (Å²) in [7, 11) is 0. The largest absolute Gasteiger partial charge is 0.456 e. The number of imidazole rings is 2. The molecule has 186 valence electrons. The van der Waals surface area contributed by atoms with Crippen LogP contribution in [0.5, 0.6) is 0 Å². The highest BCUT2D eigenvalue weighted by Gasteiger charge is 2.18. The smallest absolute Gasteiger partial charge is 0.220 e. The summed E-state index contributed by atoms with van der Waals surface area (Å²) in [5, 5.41) is 12.4. The summed E-state index contributed by atoms with van der Waals surface area (Å²) in [5.41, 5.74) is 9.73. The highest BCUT2D eigenvalue weighted by molar-refractivity contribution is 6.07. The third-order valence-electron chi connectivity index (χ3n) is 7.90. The lowest BCUT2D eigenvalue weighted by molar-refractivity contribution is 0.669. The second-order valence-corrected chi connectivity index (χ2v) is 10.1. The lowest BCUT2D eigenvalue weighted by atomic mass is 10.1. The molecule has 0 N–H and O–H groups in total. The molecule has 0 aliphatic rings. The Balaban J connectivity index is 1.29. The molecule has 6 heteroatoms. The van der Waals surface area contributed by atoms with Gasteiger partial charge in [0.2, 0.25) is 5.78 Å². The Labute approximate surface area is 227 Å². The van der Waals surface area contributed by atoms with Crippen molar-refractivity contribution in [3.63, 3.8) is 0 Å². The van der Waals surface area contributed by atoms with Crippen LogP contribution in [0.25, 0.3) is 72.1 Å². The summed E-state index contributed by atoms with van der Waals surface area (Å²) in [5.74, 6) is 0.880. The van der Waals surface area contributed by atoms with Crippen LogP contribution in [0.2, 0.25) is 0 Å². The number of nitriles is 1. The number of para-hydroxylation sites is 4. The molecule has 40 heavy (non-hydrogen) atoms. The molecular formula is C34H19N5O. The van der Waals surface area contributed by atoms with Gasteiger partial charge in [0.05, 0.1) is 44.9 Å². The molecule has 5 aromatic carbocycles. The van der Waals surface area contributed by atoms with Crippen LogP contribution >= 0.6 is 0 Å². The van der Waals surface area contributed by atoms with Gasteiger partial charge >= 0.3 is 0 Å². The molecule has 0 unspecified atom stereocenters. The van der Waals surface area contributed by atoms with E-state index < -0.39 is 0 Å². The maximum absolute atomic E-state index is 9.29. The first-order valence-electron chi connectivity index (χ1n) is 13.1. The molecule has 0 aliphatic heterocycles. The van der Waals surface area contributed by atoms with E-state index in [9.17, 15) is 5.26 Å². The molecule has 4 aromatic heterocycles. The van der Waals surface area contributed by atoms with Crippen molar-refractivity contribution in [1.82, 2.24) is 18.5 Å². The number of nitrogens with zero attached hydrogens (tertiary/aromatic N) is 5. The molecule has 0 saturated carbocycles. The highest BCUT2D eigenvalue weighted by Crippen LogP contribution is 2.35. The Hall–Kier alpha value is -5.80. The molecule has 0 amide bonds. The minimum Gasteiger partial charge on any atom is -0.456 e. The predicted molar refractivity (Wildman–Crippen MR) is 158 cm³/mol. The van der Waals surface area contributed by atoms with E-state index in [0.717, 1.165) is 72.1 Å². The van der Waals surface area contributed by atoms with Gasteiger partial charge in [-0.15, -0.1) is 0 Å². The van der Waals surface area contributed by atoms with E-state index in [0.29, 0.717) is 5.56 Å². The van der Waals surface area contributed by atoms with Crippen molar-refractivity contribution >= 4 is 60.7 Å². The van der Waals surface area contributed by atoms with Crippen LogP contribution in [-0.4, -0.2) is 18.5 Å². The molecule has 9 aromatic rings. The first kappa shape index (κ1) is 21.2. The van der Waals surface area contributed by atoms with Crippen molar-refractivity contribution in [2.45, 2.75) is 0 Å². The Morgan fingerprint density at radius 3 is 2.20 bits per heavy atom. The summed E-state index contributed by atoms with van der Waals surface area (Å²) in [6.45, 7) is 0. The van der Waals surface area contributed by atoms with Gasteiger partial charge in [-0.1, -0.05) is 24.3 Å². The lowest BCUT2D eigenvalue weighted by Gasteiger charge is -2.07. The van der Waals surface area contributed by atoms with E-state index in [1.807, 2.05) is 48.7 Å². The van der Waals surface area contributed by atoms with E-state index in [-0.39, 0.29) is 0 Å². The van der Waals surface area contributed by atoms with Crippen LogP contribution < -0.4 is 0 Å². The standard InChI is InChI=1S/C34H19N5O/c35-20-21-9-12-28-22(17-21)15-16-37(28)23-10-13-32-25(18-23)26-19-24(11-14-33(26)40-32)38-30-7-3-4-8-31(30)39-29-6-2-1-5-27(29)36-34(38)39/h1-19H. The number of rotatable bonds is 2. The van der Waals surface area contributed by atoms with Crippen molar-refractivity contribution in [2.24, 2.45) is 0 Å². The number of benzene rings is 5. The maximum Gasteiger partial charge on any atom is 0.220 e. The van der Waals surface area contributed by atoms with Crippen LogP contribution in [0.1, 0.15) is 5.56 Å². The first-order chi connectivity index (χ1) is 19.8. The molecule has 0 spiro atoms. The lowest BCUT2D eigenvalue weighted by Crippen LogP contribution is -1.95. The fourth-order valence-corrected chi connectivity index (χ4v) is 6.08. The molecule has 0 atom stereocenters. The van der Waals surface area contributed by atoms with Gasteiger partial charge < -0.3 is 8.98 Å². The van der Waals surface area contributed by atoms with Crippen LogP contribution in [0.4, 0.5) is 0 Å². The number of hydrogen-bond acceptors (Lipinski definition) is 3. The van der Waals surface area contributed by atoms with E-state index >= 15 is 0 Å². The van der Waals surface area contributed by atoms with Crippen molar-refractivity contribution in [1.29, 1.82) is 5.26 Å². The van der Waals surface area contributed by atoms with Gasteiger partial charge in [0.1, 0.15) is 11.2 Å². The third-order valence-corrected chi connectivity index (χ3v) is 7.90. The Kier molecular flexibility index (Phi) is 4.03. The van der Waals surface area contributed by atoms with Crippen LogP contribution in [0, 0.1) is 11.3 Å². The summed E-state index contributed by atoms with van der Waals surface area (Å²) in [6, 6.07) is 39.4. The van der Waals surface area contributed by atoms with Crippen molar-refractivity contribution in [3.05, 3.63) is 121 Å². The normalized spacial score (nSPS) is 12.0. The fraction of sp³-hybridized carbons (Fsp3) is 0. The van der Waals surface area contributed by atoms with Gasteiger partial charge in [0.15, 0.2) is 0 Å². The van der Waals surface area contributed by atoms with E-state index in [1.54, 1.807) is 0 Å². The Morgan fingerprint density at radius 2 is 1.38 bits per heavy atom. The zero-order chi connectivity index (χ0) is 26.4. The highest BCUT2D eigenvalue weighted by atomic mass is 16.3. The number of hydrogen-bond donors (Lipinski definition) is 0. The Morgan fingerprint density at radius 1 is 0.650 bits per heavy atom. The molecule has 0 fully saturated rings. The SMILES string of the molecule is N#Cc1ccc2c(ccn2-c2ccc3oc4ccc(-n5c6ccccc6n6c7ccccc7nc56)cc4c3c2)c1.